The van der Waals surface area contributed by atoms with Crippen molar-refractivity contribution in [1.29, 1.82) is 0 Å². The fourth-order valence-corrected chi connectivity index (χ4v) is 4.43. The van der Waals surface area contributed by atoms with E-state index in [0.29, 0.717) is 11.4 Å². The average Bonchev–Trinajstić information content (AvgIpc) is 2.59. The second-order valence-electron chi connectivity index (χ2n) is 7.37. The van der Waals surface area contributed by atoms with Crippen LogP contribution in [0.1, 0.15) is 43.4 Å². The van der Waals surface area contributed by atoms with E-state index in [0.717, 1.165) is 36.6 Å². The van der Waals surface area contributed by atoms with Gasteiger partial charge in [-0.2, -0.15) is 0 Å². The van der Waals surface area contributed by atoms with E-state index in [4.69, 9.17) is 0 Å². The summed E-state index contributed by atoms with van der Waals surface area (Å²) in [6, 6.07) is 12.3. The first-order valence-electron chi connectivity index (χ1n) is 9.59. The Morgan fingerprint density at radius 1 is 1.07 bits per heavy atom. The minimum Gasteiger partial charge on any atom is -0.324 e. The van der Waals surface area contributed by atoms with Crippen molar-refractivity contribution in [3.05, 3.63) is 59.2 Å². The molecule has 0 aromatic heterocycles. The van der Waals surface area contributed by atoms with Gasteiger partial charge in [-0.1, -0.05) is 31.5 Å². The first kappa shape index (κ1) is 22.0. The number of rotatable bonds is 8. The summed E-state index contributed by atoms with van der Waals surface area (Å²) in [7, 11) is -3.63. The second-order valence-corrected chi connectivity index (χ2v) is 9.23. The Hall–Kier alpha value is -2.34. The van der Waals surface area contributed by atoms with Crippen molar-refractivity contribution in [3.8, 4) is 0 Å². The SMILES string of the molecule is CCCCc1ccc(NC(=O)[C@@H](C)N(c2cc(C)cc(C)c2)S(C)(=O)=O)cc1. The van der Waals surface area contributed by atoms with E-state index < -0.39 is 16.1 Å². The van der Waals surface area contributed by atoms with Crippen molar-refractivity contribution in [2.75, 3.05) is 15.9 Å². The van der Waals surface area contributed by atoms with Gasteiger partial charge in [0.2, 0.25) is 15.9 Å². The lowest BCUT2D eigenvalue weighted by atomic mass is 10.1. The summed E-state index contributed by atoms with van der Waals surface area (Å²) in [6.07, 6.45) is 4.39. The number of nitrogens with one attached hydrogen (secondary N) is 1. The van der Waals surface area contributed by atoms with Gasteiger partial charge in [0.05, 0.1) is 11.9 Å². The number of anilines is 2. The van der Waals surface area contributed by atoms with Crippen LogP contribution in [0.25, 0.3) is 0 Å². The number of hydrogen-bond acceptors (Lipinski definition) is 3. The largest absolute Gasteiger partial charge is 0.324 e. The van der Waals surface area contributed by atoms with Gasteiger partial charge in [0, 0.05) is 5.69 Å². The molecule has 0 aliphatic heterocycles. The molecule has 2 rings (SSSR count). The molecule has 0 spiro atoms. The normalized spacial score (nSPS) is 12.5. The molecule has 0 aliphatic rings. The third kappa shape index (κ3) is 5.83. The predicted octanol–water partition coefficient (Wildman–Crippen LogP) is 4.44. The molecule has 6 heteroatoms. The van der Waals surface area contributed by atoms with E-state index in [-0.39, 0.29) is 5.91 Å². The maximum atomic E-state index is 12.8. The van der Waals surface area contributed by atoms with Crippen LogP contribution in [0.3, 0.4) is 0 Å². The molecule has 1 atom stereocenters. The van der Waals surface area contributed by atoms with Crippen molar-refractivity contribution in [3.63, 3.8) is 0 Å². The highest BCUT2D eigenvalue weighted by Crippen LogP contribution is 2.24. The molecule has 1 amide bonds. The number of unbranched alkanes of at least 4 members (excludes halogenated alkanes) is 1. The van der Waals surface area contributed by atoms with E-state index in [9.17, 15) is 13.2 Å². The Kier molecular flexibility index (Phi) is 7.24. The summed E-state index contributed by atoms with van der Waals surface area (Å²) in [5.74, 6) is -0.370. The lowest BCUT2D eigenvalue weighted by molar-refractivity contribution is -0.116. The van der Waals surface area contributed by atoms with Gasteiger partial charge in [0.1, 0.15) is 6.04 Å². The fraction of sp³-hybridized carbons (Fsp3) is 0.409. The Bertz CT molecular complexity index is 901. The van der Waals surface area contributed by atoms with E-state index in [2.05, 4.69) is 12.2 Å². The molecule has 0 fully saturated rings. The maximum absolute atomic E-state index is 12.8. The van der Waals surface area contributed by atoms with E-state index >= 15 is 0 Å². The van der Waals surface area contributed by atoms with Crippen molar-refractivity contribution in [1.82, 2.24) is 0 Å². The van der Waals surface area contributed by atoms with E-state index in [1.807, 2.05) is 44.2 Å². The fourth-order valence-electron chi connectivity index (χ4n) is 3.27. The topological polar surface area (TPSA) is 66.5 Å². The van der Waals surface area contributed by atoms with Crippen LogP contribution in [0.5, 0.6) is 0 Å². The summed E-state index contributed by atoms with van der Waals surface area (Å²) in [4.78, 5) is 12.8. The lowest BCUT2D eigenvalue weighted by Gasteiger charge is -2.28. The Morgan fingerprint density at radius 2 is 1.64 bits per heavy atom. The molecule has 152 valence electrons. The molecule has 2 aromatic carbocycles. The van der Waals surface area contributed by atoms with Crippen LogP contribution in [0.2, 0.25) is 0 Å². The molecule has 0 aliphatic carbocycles. The van der Waals surface area contributed by atoms with Crippen LogP contribution >= 0.6 is 0 Å². The van der Waals surface area contributed by atoms with Gasteiger partial charge in [-0.25, -0.2) is 8.42 Å². The maximum Gasteiger partial charge on any atom is 0.247 e. The van der Waals surface area contributed by atoms with Crippen LogP contribution < -0.4 is 9.62 Å². The molecular weight excluding hydrogens is 372 g/mol. The van der Waals surface area contributed by atoms with Gasteiger partial charge in [-0.05, 0) is 74.6 Å². The number of nitrogens with zero attached hydrogens (tertiary/aromatic N) is 1. The highest BCUT2D eigenvalue weighted by atomic mass is 32.2. The zero-order valence-corrected chi connectivity index (χ0v) is 18.1. The molecule has 0 radical (unpaired) electrons. The smallest absolute Gasteiger partial charge is 0.247 e. The lowest BCUT2D eigenvalue weighted by Crippen LogP contribution is -2.45. The van der Waals surface area contributed by atoms with Crippen LogP contribution in [-0.2, 0) is 21.2 Å². The summed E-state index contributed by atoms with van der Waals surface area (Å²) in [5.41, 5.74) is 4.27. The summed E-state index contributed by atoms with van der Waals surface area (Å²) < 4.78 is 26.1. The first-order chi connectivity index (χ1) is 13.1. The first-order valence-corrected chi connectivity index (χ1v) is 11.4. The van der Waals surface area contributed by atoms with Gasteiger partial charge in [0.15, 0.2) is 0 Å². The van der Waals surface area contributed by atoms with Crippen LogP contribution in [0.4, 0.5) is 11.4 Å². The Morgan fingerprint density at radius 3 is 2.14 bits per heavy atom. The van der Waals surface area contributed by atoms with Crippen molar-refractivity contribution in [2.45, 2.75) is 53.0 Å². The van der Waals surface area contributed by atoms with Gasteiger partial charge in [-0.3, -0.25) is 9.10 Å². The quantitative estimate of drug-likeness (QED) is 0.710. The van der Waals surface area contributed by atoms with Gasteiger partial charge < -0.3 is 5.32 Å². The number of hydrogen-bond donors (Lipinski definition) is 1. The number of sulfonamides is 1. The predicted molar refractivity (Wildman–Crippen MR) is 116 cm³/mol. The van der Waals surface area contributed by atoms with Crippen LogP contribution in [0.15, 0.2) is 42.5 Å². The van der Waals surface area contributed by atoms with Gasteiger partial charge >= 0.3 is 0 Å². The van der Waals surface area contributed by atoms with E-state index in [1.165, 1.54) is 9.87 Å². The highest BCUT2D eigenvalue weighted by Gasteiger charge is 2.29. The number of amides is 1. The van der Waals surface area contributed by atoms with Crippen molar-refractivity contribution >= 4 is 27.3 Å². The number of benzene rings is 2. The second kappa shape index (κ2) is 9.24. The van der Waals surface area contributed by atoms with Crippen molar-refractivity contribution < 1.29 is 13.2 Å². The van der Waals surface area contributed by atoms with Crippen LogP contribution in [-0.4, -0.2) is 26.6 Å². The molecule has 28 heavy (non-hydrogen) atoms. The Balaban J connectivity index is 2.22. The summed E-state index contributed by atoms with van der Waals surface area (Å²) >= 11 is 0. The molecule has 1 N–H and O–H groups in total. The third-order valence-electron chi connectivity index (χ3n) is 4.59. The zero-order valence-electron chi connectivity index (χ0n) is 17.3. The molecule has 5 nitrogen and oxygen atoms in total. The number of aryl methyl sites for hydroxylation is 3. The molecule has 0 saturated heterocycles. The monoisotopic (exact) mass is 402 g/mol. The minimum atomic E-state index is -3.63. The molecule has 2 aromatic rings. The van der Waals surface area contributed by atoms with E-state index in [1.54, 1.807) is 19.1 Å². The average molecular weight is 403 g/mol. The minimum absolute atomic E-state index is 0.370. The zero-order chi connectivity index (χ0) is 20.9. The van der Waals surface area contributed by atoms with Gasteiger partial charge in [0.25, 0.3) is 0 Å². The van der Waals surface area contributed by atoms with Gasteiger partial charge in [-0.15, -0.1) is 0 Å². The third-order valence-corrected chi connectivity index (χ3v) is 5.83. The summed E-state index contributed by atoms with van der Waals surface area (Å²) in [5, 5.41) is 2.83. The van der Waals surface area contributed by atoms with Crippen LogP contribution in [0, 0.1) is 13.8 Å². The highest BCUT2D eigenvalue weighted by molar-refractivity contribution is 7.92. The number of carbonyl (C=O) groups is 1. The standard InChI is InChI=1S/C22H30N2O3S/c1-6-7-8-19-9-11-20(12-10-19)23-22(25)18(4)24(28(5,26)27)21-14-16(2)13-17(3)15-21/h9-15,18H,6-8H2,1-5H3,(H,23,25)/t18-/m1/s1. The molecule has 0 bridgehead atoms. The molecule has 0 saturated carbocycles. The molecule has 0 unspecified atom stereocenters. The summed E-state index contributed by atoms with van der Waals surface area (Å²) in [6.45, 7) is 7.56. The molecule has 0 heterocycles. The van der Waals surface area contributed by atoms with Crippen molar-refractivity contribution in [2.24, 2.45) is 0 Å². The Labute approximate surface area is 168 Å². The number of carbonyl (C=O) groups excluding carboxylic acids is 1. The molecular formula is C22H30N2O3S.